The van der Waals surface area contributed by atoms with Crippen LogP contribution in [0.15, 0.2) is 4.42 Å². The molecule has 0 radical (unpaired) electrons. The SMILES string of the molecule is CCNC(C)c1nnc(N(C)CCO)o1. The summed E-state index contributed by atoms with van der Waals surface area (Å²) in [6.07, 6.45) is 0. The van der Waals surface area contributed by atoms with Gasteiger partial charge in [0.15, 0.2) is 0 Å². The number of aromatic nitrogens is 2. The molecule has 1 aromatic rings. The Morgan fingerprint density at radius 2 is 2.27 bits per heavy atom. The van der Waals surface area contributed by atoms with Gasteiger partial charge in [-0.2, -0.15) is 0 Å². The van der Waals surface area contributed by atoms with Crippen molar-refractivity contribution in [1.29, 1.82) is 0 Å². The van der Waals surface area contributed by atoms with Gasteiger partial charge in [0.1, 0.15) is 0 Å². The van der Waals surface area contributed by atoms with Crippen molar-refractivity contribution in [3.63, 3.8) is 0 Å². The maximum absolute atomic E-state index is 8.75. The number of hydrogen-bond acceptors (Lipinski definition) is 6. The molecule has 0 saturated heterocycles. The van der Waals surface area contributed by atoms with Crippen LogP contribution in [0.3, 0.4) is 0 Å². The van der Waals surface area contributed by atoms with Gasteiger partial charge in [0.25, 0.3) is 0 Å². The third kappa shape index (κ3) is 3.17. The fourth-order valence-electron chi connectivity index (χ4n) is 1.19. The summed E-state index contributed by atoms with van der Waals surface area (Å²) >= 11 is 0. The predicted molar refractivity (Wildman–Crippen MR) is 56.7 cm³/mol. The lowest BCUT2D eigenvalue weighted by molar-refractivity contribution is 0.300. The first-order chi connectivity index (χ1) is 7.19. The summed E-state index contributed by atoms with van der Waals surface area (Å²) in [4.78, 5) is 1.72. The average Bonchev–Trinajstić information content (AvgIpc) is 2.67. The zero-order valence-corrected chi connectivity index (χ0v) is 9.40. The molecule has 0 bridgehead atoms. The molecule has 0 saturated carbocycles. The summed E-state index contributed by atoms with van der Waals surface area (Å²) in [5.41, 5.74) is 0. The zero-order valence-electron chi connectivity index (χ0n) is 9.40. The molecule has 15 heavy (non-hydrogen) atoms. The second-order valence-corrected chi connectivity index (χ2v) is 3.35. The Kier molecular flexibility index (Phi) is 4.51. The molecule has 86 valence electrons. The first-order valence-corrected chi connectivity index (χ1v) is 5.07. The molecule has 1 atom stereocenters. The Hall–Kier alpha value is -1.14. The van der Waals surface area contributed by atoms with Crippen molar-refractivity contribution in [1.82, 2.24) is 15.5 Å². The van der Waals surface area contributed by atoms with Gasteiger partial charge in [-0.05, 0) is 13.5 Å². The van der Waals surface area contributed by atoms with Crippen LogP contribution in [0, 0.1) is 0 Å². The first-order valence-electron chi connectivity index (χ1n) is 5.07. The fourth-order valence-corrected chi connectivity index (χ4v) is 1.19. The van der Waals surface area contributed by atoms with Gasteiger partial charge in [-0.25, -0.2) is 0 Å². The van der Waals surface area contributed by atoms with E-state index in [0.29, 0.717) is 18.5 Å². The van der Waals surface area contributed by atoms with Crippen molar-refractivity contribution < 1.29 is 9.52 Å². The maximum atomic E-state index is 8.75. The van der Waals surface area contributed by atoms with Crippen molar-refractivity contribution in [2.75, 3.05) is 31.6 Å². The highest BCUT2D eigenvalue weighted by molar-refractivity contribution is 5.21. The van der Waals surface area contributed by atoms with Gasteiger partial charge in [-0.1, -0.05) is 12.0 Å². The third-order valence-corrected chi connectivity index (χ3v) is 2.07. The van der Waals surface area contributed by atoms with E-state index >= 15 is 0 Å². The van der Waals surface area contributed by atoms with Crippen LogP contribution in [-0.2, 0) is 0 Å². The van der Waals surface area contributed by atoms with E-state index in [1.165, 1.54) is 0 Å². The van der Waals surface area contributed by atoms with Crippen LogP contribution in [0.2, 0.25) is 0 Å². The zero-order chi connectivity index (χ0) is 11.3. The number of anilines is 1. The number of aliphatic hydroxyl groups is 1. The van der Waals surface area contributed by atoms with E-state index < -0.39 is 0 Å². The Bertz CT molecular complexity index is 263. The van der Waals surface area contributed by atoms with Crippen molar-refractivity contribution >= 4 is 6.01 Å². The Morgan fingerprint density at radius 1 is 1.53 bits per heavy atom. The molecule has 0 aromatic carbocycles. The summed E-state index contributed by atoms with van der Waals surface area (Å²) in [5, 5.41) is 19.8. The maximum Gasteiger partial charge on any atom is 0.318 e. The smallest absolute Gasteiger partial charge is 0.318 e. The lowest BCUT2D eigenvalue weighted by Gasteiger charge is -2.11. The predicted octanol–water partition coefficient (Wildman–Crippen LogP) is 0.169. The number of hydrogen-bond donors (Lipinski definition) is 2. The highest BCUT2D eigenvalue weighted by Gasteiger charge is 2.14. The highest BCUT2D eigenvalue weighted by atomic mass is 16.4. The lowest BCUT2D eigenvalue weighted by atomic mass is 10.3. The van der Waals surface area contributed by atoms with Crippen LogP contribution >= 0.6 is 0 Å². The quantitative estimate of drug-likeness (QED) is 0.703. The Balaban J connectivity index is 2.62. The molecular weight excluding hydrogens is 196 g/mol. The number of nitrogens with zero attached hydrogens (tertiary/aromatic N) is 3. The van der Waals surface area contributed by atoms with E-state index in [1.807, 2.05) is 13.8 Å². The van der Waals surface area contributed by atoms with Gasteiger partial charge in [0.05, 0.1) is 12.6 Å². The second-order valence-electron chi connectivity index (χ2n) is 3.35. The molecule has 0 aliphatic heterocycles. The molecule has 2 N–H and O–H groups in total. The van der Waals surface area contributed by atoms with E-state index in [9.17, 15) is 0 Å². The van der Waals surface area contributed by atoms with Gasteiger partial charge in [-0.15, -0.1) is 5.10 Å². The molecule has 0 aliphatic rings. The molecular formula is C9H18N4O2. The number of aliphatic hydroxyl groups excluding tert-OH is 1. The summed E-state index contributed by atoms with van der Waals surface area (Å²) < 4.78 is 5.44. The summed E-state index contributed by atoms with van der Waals surface area (Å²) in [7, 11) is 1.80. The summed E-state index contributed by atoms with van der Waals surface area (Å²) in [6.45, 7) is 5.39. The second kappa shape index (κ2) is 5.67. The van der Waals surface area contributed by atoms with Crippen LogP contribution in [0.4, 0.5) is 6.01 Å². The fraction of sp³-hybridized carbons (Fsp3) is 0.778. The summed E-state index contributed by atoms with van der Waals surface area (Å²) in [6, 6.07) is 0.488. The lowest BCUT2D eigenvalue weighted by Crippen LogP contribution is -2.21. The third-order valence-electron chi connectivity index (χ3n) is 2.07. The normalized spacial score (nSPS) is 12.8. The van der Waals surface area contributed by atoms with Crippen LogP contribution in [0.25, 0.3) is 0 Å². The van der Waals surface area contributed by atoms with E-state index in [-0.39, 0.29) is 12.6 Å². The molecule has 1 heterocycles. The molecule has 1 aromatic heterocycles. The van der Waals surface area contributed by atoms with Gasteiger partial charge in [-0.3, -0.25) is 0 Å². The van der Waals surface area contributed by atoms with Crippen molar-refractivity contribution in [2.24, 2.45) is 0 Å². The van der Waals surface area contributed by atoms with Gasteiger partial charge in [0.2, 0.25) is 5.89 Å². The number of rotatable bonds is 6. The topological polar surface area (TPSA) is 74.4 Å². The molecule has 1 rings (SSSR count). The minimum Gasteiger partial charge on any atom is -0.406 e. The van der Waals surface area contributed by atoms with Crippen LogP contribution in [0.5, 0.6) is 0 Å². The largest absolute Gasteiger partial charge is 0.406 e. The van der Waals surface area contributed by atoms with Crippen LogP contribution < -0.4 is 10.2 Å². The van der Waals surface area contributed by atoms with Gasteiger partial charge in [0, 0.05) is 13.6 Å². The van der Waals surface area contributed by atoms with Crippen molar-refractivity contribution in [3.8, 4) is 0 Å². The number of likely N-dealkylation sites (N-methyl/N-ethyl adjacent to an activating group) is 1. The number of nitrogens with one attached hydrogen (secondary N) is 1. The van der Waals surface area contributed by atoms with Gasteiger partial charge >= 0.3 is 6.01 Å². The standard InChI is InChI=1S/C9H18N4O2/c1-4-10-7(2)8-11-12-9(15-8)13(3)5-6-14/h7,10,14H,4-6H2,1-3H3. The Labute approximate surface area is 89.3 Å². The molecule has 0 amide bonds. The highest BCUT2D eigenvalue weighted by Crippen LogP contribution is 2.15. The van der Waals surface area contributed by atoms with E-state index in [4.69, 9.17) is 9.52 Å². The average molecular weight is 214 g/mol. The van der Waals surface area contributed by atoms with E-state index in [0.717, 1.165) is 6.54 Å². The van der Waals surface area contributed by atoms with Crippen molar-refractivity contribution in [2.45, 2.75) is 19.9 Å². The molecule has 0 fully saturated rings. The molecule has 1 unspecified atom stereocenters. The minimum absolute atomic E-state index is 0.0544. The monoisotopic (exact) mass is 214 g/mol. The van der Waals surface area contributed by atoms with Crippen LogP contribution in [-0.4, -0.2) is 42.0 Å². The molecule has 6 nitrogen and oxygen atoms in total. The summed E-state index contributed by atoms with van der Waals surface area (Å²) in [5.74, 6) is 0.566. The molecule has 6 heteroatoms. The van der Waals surface area contributed by atoms with Gasteiger partial charge < -0.3 is 19.7 Å². The molecule has 0 spiro atoms. The Morgan fingerprint density at radius 3 is 2.87 bits per heavy atom. The van der Waals surface area contributed by atoms with Crippen molar-refractivity contribution in [3.05, 3.63) is 5.89 Å². The van der Waals surface area contributed by atoms with E-state index in [2.05, 4.69) is 15.5 Å². The van der Waals surface area contributed by atoms with Crippen LogP contribution in [0.1, 0.15) is 25.8 Å². The molecule has 0 aliphatic carbocycles. The minimum atomic E-state index is 0.0544. The van der Waals surface area contributed by atoms with E-state index in [1.54, 1.807) is 11.9 Å². The first kappa shape index (κ1) is 11.9.